The van der Waals surface area contributed by atoms with Gasteiger partial charge in [-0.2, -0.15) is 0 Å². The van der Waals surface area contributed by atoms with Crippen LogP contribution in [0, 0.1) is 6.92 Å². The zero-order valence-electron chi connectivity index (χ0n) is 11.0. The number of ether oxygens (including phenoxy) is 1. The first kappa shape index (κ1) is 15.7. The number of para-hydroxylation sites is 1. The highest BCUT2D eigenvalue weighted by Crippen LogP contribution is 2.34. The van der Waals surface area contributed by atoms with Gasteiger partial charge in [0.25, 0.3) is 0 Å². The average Bonchev–Trinajstić information content (AvgIpc) is 2.35. The van der Waals surface area contributed by atoms with Crippen LogP contribution in [-0.2, 0) is 0 Å². The molecule has 2 aromatic carbocycles. The van der Waals surface area contributed by atoms with Crippen LogP contribution in [0.15, 0.2) is 42.5 Å². The zero-order chi connectivity index (χ0) is 15.6. The lowest BCUT2D eigenvalue weighted by Gasteiger charge is -2.18. The van der Waals surface area contributed by atoms with Crippen molar-refractivity contribution in [1.29, 1.82) is 0 Å². The van der Waals surface area contributed by atoms with E-state index in [1.54, 1.807) is 19.1 Å². The quantitative estimate of drug-likeness (QED) is 0.894. The first-order chi connectivity index (χ1) is 9.76. The highest BCUT2D eigenvalue weighted by atomic mass is 35.5. The van der Waals surface area contributed by atoms with Crippen molar-refractivity contribution in [1.82, 2.24) is 0 Å². The summed E-state index contributed by atoms with van der Waals surface area (Å²) in [6.45, 7) is 1.78. The molecule has 1 unspecified atom stereocenters. The number of benzene rings is 2. The topological polar surface area (TPSA) is 29.5 Å². The Bertz CT molecular complexity index is 621. The molecule has 6 heteroatoms. The van der Waals surface area contributed by atoms with E-state index in [9.17, 15) is 18.3 Å². The van der Waals surface area contributed by atoms with E-state index in [0.29, 0.717) is 10.6 Å². The molecule has 2 rings (SSSR count). The maximum Gasteiger partial charge on any atom is 0.573 e. The van der Waals surface area contributed by atoms with E-state index in [4.69, 9.17) is 11.6 Å². The first-order valence-electron chi connectivity index (χ1n) is 6.06. The molecule has 0 aliphatic rings. The van der Waals surface area contributed by atoms with Crippen molar-refractivity contribution in [3.05, 3.63) is 64.2 Å². The third kappa shape index (κ3) is 4.12. The fourth-order valence-electron chi connectivity index (χ4n) is 2.03. The van der Waals surface area contributed by atoms with Crippen LogP contribution in [0.3, 0.4) is 0 Å². The Morgan fingerprint density at radius 1 is 1.14 bits per heavy atom. The van der Waals surface area contributed by atoms with Crippen LogP contribution in [0.1, 0.15) is 22.8 Å². The third-order valence-corrected chi connectivity index (χ3v) is 3.04. The Morgan fingerprint density at radius 2 is 1.81 bits per heavy atom. The van der Waals surface area contributed by atoms with Gasteiger partial charge in [0, 0.05) is 10.6 Å². The van der Waals surface area contributed by atoms with Gasteiger partial charge in [-0.15, -0.1) is 13.2 Å². The Balaban J connectivity index is 2.41. The van der Waals surface area contributed by atoms with Crippen LogP contribution < -0.4 is 4.74 Å². The molecule has 0 saturated heterocycles. The monoisotopic (exact) mass is 316 g/mol. The van der Waals surface area contributed by atoms with E-state index in [1.165, 1.54) is 24.3 Å². The van der Waals surface area contributed by atoms with Gasteiger partial charge >= 0.3 is 6.36 Å². The van der Waals surface area contributed by atoms with Gasteiger partial charge in [0.2, 0.25) is 0 Å². The number of alkyl halides is 3. The molecule has 0 spiro atoms. The molecule has 21 heavy (non-hydrogen) atoms. The molecule has 0 amide bonds. The summed E-state index contributed by atoms with van der Waals surface area (Å²) in [5.41, 5.74) is 1.22. The summed E-state index contributed by atoms with van der Waals surface area (Å²) in [5.74, 6) is -0.435. The number of hydrogen-bond acceptors (Lipinski definition) is 2. The molecule has 1 N–H and O–H groups in total. The van der Waals surface area contributed by atoms with E-state index in [2.05, 4.69) is 4.74 Å². The van der Waals surface area contributed by atoms with Gasteiger partial charge in [-0.25, -0.2) is 0 Å². The normalized spacial score (nSPS) is 13.0. The Kier molecular flexibility index (Phi) is 4.44. The molecule has 2 nitrogen and oxygen atoms in total. The molecule has 2 aromatic rings. The summed E-state index contributed by atoms with van der Waals surface area (Å²) in [7, 11) is 0. The van der Waals surface area contributed by atoms with E-state index in [1.807, 2.05) is 0 Å². The van der Waals surface area contributed by atoms with Crippen molar-refractivity contribution in [2.24, 2.45) is 0 Å². The highest BCUT2D eigenvalue weighted by molar-refractivity contribution is 6.30. The van der Waals surface area contributed by atoms with Crippen LogP contribution in [-0.4, -0.2) is 11.5 Å². The SMILES string of the molecule is Cc1cc(Cl)cc(C(O)c2ccccc2OC(F)(F)F)c1. The van der Waals surface area contributed by atoms with Gasteiger partial charge in [-0.3, -0.25) is 0 Å². The molecule has 0 aromatic heterocycles. The standard InChI is InChI=1S/C15H12ClF3O2/c1-9-6-10(8-11(16)7-9)14(20)12-4-2-3-5-13(12)21-15(17,18)19/h2-8,14,20H,1H3. The summed E-state index contributed by atoms with van der Waals surface area (Å²) in [6, 6.07) is 10.3. The Morgan fingerprint density at radius 3 is 2.43 bits per heavy atom. The molecular weight excluding hydrogens is 305 g/mol. The van der Waals surface area contributed by atoms with Gasteiger partial charge in [-0.05, 0) is 36.2 Å². The van der Waals surface area contributed by atoms with Crippen molar-refractivity contribution >= 4 is 11.6 Å². The van der Waals surface area contributed by atoms with Crippen molar-refractivity contribution in [2.75, 3.05) is 0 Å². The third-order valence-electron chi connectivity index (χ3n) is 2.82. The summed E-state index contributed by atoms with van der Waals surface area (Å²) >= 11 is 5.91. The fraction of sp³-hybridized carbons (Fsp3) is 0.200. The van der Waals surface area contributed by atoms with Crippen LogP contribution in [0.25, 0.3) is 0 Å². The van der Waals surface area contributed by atoms with Crippen LogP contribution in [0.2, 0.25) is 5.02 Å². The molecule has 0 bridgehead atoms. The number of aryl methyl sites for hydroxylation is 1. The van der Waals surface area contributed by atoms with E-state index < -0.39 is 18.2 Å². The lowest BCUT2D eigenvalue weighted by Crippen LogP contribution is -2.18. The van der Waals surface area contributed by atoms with Crippen LogP contribution in [0.4, 0.5) is 13.2 Å². The Hall–Kier alpha value is -1.72. The second kappa shape index (κ2) is 5.95. The number of aliphatic hydroxyl groups is 1. The predicted octanol–water partition coefficient (Wildman–Crippen LogP) is 4.63. The molecule has 0 radical (unpaired) electrons. The number of rotatable bonds is 3. The number of halogens is 4. The predicted molar refractivity (Wildman–Crippen MR) is 73.4 cm³/mol. The smallest absolute Gasteiger partial charge is 0.405 e. The molecule has 0 aliphatic heterocycles. The molecule has 1 atom stereocenters. The molecule has 0 fully saturated rings. The molecule has 0 saturated carbocycles. The average molecular weight is 317 g/mol. The number of aliphatic hydroxyl groups excluding tert-OH is 1. The second-order valence-corrected chi connectivity index (χ2v) is 4.99. The Labute approximate surface area is 124 Å². The van der Waals surface area contributed by atoms with Crippen molar-refractivity contribution in [2.45, 2.75) is 19.4 Å². The molecular formula is C15H12ClF3O2. The molecule has 112 valence electrons. The maximum absolute atomic E-state index is 12.4. The van der Waals surface area contributed by atoms with Crippen LogP contribution in [0.5, 0.6) is 5.75 Å². The minimum atomic E-state index is -4.82. The van der Waals surface area contributed by atoms with Crippen molar-refractivity contribution in [3.8, 4) is 5.75 Å². The molecule has 0 aliphatic carbocycles. The van der Waals surface area contributed by atoms with Gasteiger partial charge in [0.15, 0.2) is 0 Å². The summed E-state index contributed by atoms with van der Waals surface area (Å²) < 4.78 is 41.1. The van der Waals surface area contributed by atoms with E-state index in [0.717, 1.165) is 11.6 Å². The zero-order valence-corrected chi connectivity index (χ0v) is 11.7. The lowest BCUT2D eigenvalue weighted by atomic mass is 9.99. The lowest BCUT2D eigenvalue weighted by molar-refractivity contribution is -0.275. The highest BCUT2D eigenvalue weighted by Gasteiger charge is 2.33. The summed E-state index contributed by atoms with van der Waals surface area (Å²) in [5, 5.41) is 10.7. The summed E-state index contributed by atoms with van der Waals surface area (Å²) in [6.07, 6.45) is -6.08. The van der Waals surface area contributed by atoms with E-state index >= 15 is 0 Å². The first-order valence-corrected chi connectivity index (χ1v) is 6.44. The van der Waals surface area contributed by atoms with Gasteiger partial charge in [0.05, 0.1) is 0 Å². The maximum atomic E-state index is 12.4. The van der Waals surface area contributed by atoms with Crippen LogP contribution >= 0.6 is 11.6 Å². The minimum absolute atomic E-state index is 0.0245. The minimum Gasteiger partial charge on any atom is -0.405 e. The summed E-state index contributed by atoms with van der Waals surface area (Å²) in [4.78, 5) is 0. The largest absolute Gasteiger partial charge is 0.573 e. The van der Waals surface area contributed by atoms with Crippen molar-refractivity contribution < 1.29 is 23.0 Å². The molecule has 0 heterocycles. The van der Waals surface area contributed by atoms with Gasteiger partial charge in [-0.1, -0.05) is 35.9 Å². The van der Waals surface area contributed by atoms with Gasteiger partial charge < -0.3 is 9.84 Å². The van der Waals surface area contributed by atoms with Crippen molar-refractivity contribution in [3.63, 3.8) is 0 Å². The second-order valence-electron chi connectivity index (χ2n) is 4.55. The van der Waals surface area contributed by atoms with E-state index in [-0.39, 0.29) is 5.56 Å². The number of hydrogen-bond donors (Lipinski definition) is 1. The van der Waals surface area contributed by atoms with Gasteiger partial charge in [0.1, 0.15) is 11.9 Å². The fourth-order valence-corrected chi connectivity index (χ4v) is 2.32.